The third-order valence-electron chi connectivity index (χ3n) is 2.42. The maximum Gasteiger partial charge on any atom is 0.233 e. The van der Waals surface area contributed by atoms with Gasteiger partial charge in [-0.2, -0.15) is 0 Å². The van der Waals surface area contributed by atoms with Crippen molar-refractivity contribution >= 4 is 17.7 Å². The molecule has 86 valence electrons. The molecule has 0 spiro atoms. The molecule has 0 radical (unpaired) electrons. The van der Waals surface area contributed by atoms with Gasteiger partial charge >= 0.3 is 0 Å². The number of aromatic hydroxyl groups is 1. The van der Waals surface area contributed by atoms with E-state index < -0.39 is 0 Å². The van der Waals surface area contributed by atoms with Crippen molar-refractivity contribution in [2.24, 2.45) is 0 Å². The average Bonchev–Trinajstić information content (AvgIpc) is 3.01. The van der Waals surface area contributed by atoms with Gasteiger partial charge in [0.05, 0.1) is 5.25 Å². The number of hydrogen-bond acceptors (Lipinski definition) is 3. The van der Waals surface area contributed by atoms with Gasteiger partial charge in [-0.15, -0.1) is 11.8 Å². The van der Waals surface area contributed by atoms with E-state index in [1.165, 1.54) is 11.8 Å². The van der Waals surface area contributed by atoms with Gasteiger partial charge in [0.2, 0.25) is 5.91 Å². The standard InChI is InChI=1S/C12H15NO2S/c1-8(12(15)13-9-5-6-9)16-11-4-2-3-10(14)7-11/h2-4,7-9,14H,5-6H2,1H3,(H,13,15). The quantitative estimate of drug-likeness (QED) is 0.789. The van der Waals surface area contributed by atoms with Gasteiger partial charge in [0.25, 0.3) is 0 Å². The van der Waals surface area contributed by atoms with E-state index in [0.717, 1.165) is 17.7 Å². The molecule has 0 aromatic heterocycles. The molecule has 0 bridgehead atoms. The third-order valence-corrected chi connectivity index (χ3v) is 3.52. The van der Waals surface area contributed by atoms with Gasteiger partial charge in [-0.05, 0) is 38.0 Å². The van der Waals surface area contributed by atoms with Crippen LogP contribution in [0, 0.1) is 0 Å². The molecule has 0 heterocycles. The molecule has 1 atom stereocenters. The summed E-state index contributed by atoms with van der Waals surface area (Å²) >= 11 is 1.46. The fourth-order valence-electron chi connectivity index (χ4n) is 1.36. The van der Waals surface area contributed by atoms with Crippen molar-refractivity contribution in [3.8, 4) is 5.75 Å². The number of phenols is 1. The zero-order chi connectivity index (χ0) is 11.5. The number of carbonyl (C=O) groups is 1. The van der Waals surface area contributed by atoms with Crippen LogP contribution in [0.2, 0.25) is 0 Å². The number of amides is 1. The zero-order valence-electron chi connectivity index (χ0n) is 9.14. The van der Waals surface area contributed by atoms with Crippen molar-refractivity contribution < 1.29 is 9.90 Å². The highest BCUT2D eigenvalue weighted by Gasteiger charge is 2.25. The van der Waals surface area contributed by atoms with Gasteiger partial charge in [0.1, 0.15) is 5.75 Å². The van der Waals surface area contributed by atoms with Crippen molar-refractivity contribution in [3.05, 3.63) is 24.3 Å². The van der Waals surface area contributed by atoms with Crippen LogP contribution in [-0.4, -0.2) is 22.3 Å². The SMILES string of the molecule is CC(Sc1cccc(O)c1)C(=O)NC1CC1. The van der Waals surface area contributed by atoms with Crippen LogP contribution in [0.1, 0.15) is 19.8 Å². The van der Waals surface area contributed by atoms with Crippen molar-refractivity contribution in [2.45, 2.75) is 36.0 Å². The first-order valence-corrected chi connectivity index (χ1v) is 6.29. The molecular weight excluding hydrogens is 222 g/mol. The Bertz CT molecular complexity index is 390. The lowest BCUT2D eigenvalue weighted by molar-refractivity contribution is -0.120. The molecule has 1 fully saturated rings. The second-order valence-electron chi connectivity index (χ2n) is 4.04. The van der Waals surface area contributed by atoms with Gasteiger partial charge in [-0.3, -0.25) is 4.79 Å². The van der Waals surface area contributed by atoms with E-state index in [4.69, 9.17) is 0 Å². The Morgan fingerprint density at radius 3 is 2.94 bits per heavy atom. The fraction of sp³-hybridized carbons (Fsp3) is 0.417. The molecule has 3 nitrogen and oxygen atoms in total. The minimum atomic E-state index is -0.123. The van der Waals surface area contributed by atoms with E-state index in [9.17, 15) is 9.90 Å². The Kier molecular flexibility index (Phi) is 3.39. The molecule has 4 heteroatoms. The molecule has 1 amide bonds. The number of thioether (sulfide) groups is 1. The molecule has 1 unspecified atom stereocenters. The summed E-state index contributed by atoms with van der Waals surface area (Å²) in [6, 6.07) is 7.37. The van der Waals surface area contributed by atoms with Gasteiger partial charge < -0.3 is 10.4 Å². The van der Waals surface area contributed by atoms with Gasteiger partial charge in [0.15, 0.2) is 0 Å². The minimum absolute atomic E-state index is 0.0795. The van der Waals surface area contributed by atoms with E-state index >= 15 is 0 Å². The second-order valence-corrected chi connectivity index (χ2v) is 5.45. The predicted molar refractivity (Wildman–Crippen MR) is 64.6 cm³/mol. The molecule has 1 aliphatic carbocycles. The minimum Gasteiger partial charge on any atom is -0.508 e. The number of phenolic OH excluding ortho intramolecular Hbond substituents is 1. The van der Waals surface area contributed by atoms with Crippen LogP contribution < -0.4 is 5.32 Å². The molecule has 0 saturated heterocycles. The molecule has 1 aliphatic rings. The Labute approximate surface area is 99.2 Å². The fourth-order valence-corrected chi connectivity index (χ4v) is 2.29. The first kappa shape index (κ1) is 11.3. The normalized spacial score (nSPS) is 16.8. The van der Waals surface area contributed by atoms with E-state index in [2.05, 4.69) is 5.32 Å². The van der Waals surface area contributed by atoms with E-state index in [-0.39, 0.29) is 16.9 Å². The van der Waals surface area contributed by atoms with Crippen LogP contribution >= 0.6 is 11.8 Å². The molecule has 1 aromatic rings. The highest BCUT2D eigenvalue weighted by molar-refractivity contribution is 8.00. The zero-order valence-corrected chi connectivity index (χ0v) is 9.96. The number of hydrogen-bond donors (Lipinski definition) is 2. The van der Waals surface area contributed by atoms with Crippen molar-refractivity contribution in [3.63, 3.8) is 0 Å². The number of nitrogens with one attached hydrogen (secondary N) is 1. The van der Waals surface area contributed by atoms with Crippen molar-refractivity contribution in [2.75, 3.05) is 0 Å². The first-order chi connectivity index (χ1) is 7.65. The highest BCUT2D eigenvalue weighted by atomic mass is 32.2. The Hall–Kier alpha value is -1.16. The Balaban J connectivity index is 1.90. The molecule has 16 heavy (non-hydrogen) atoms. The van der Waals surface area contributed by atoms with Gasteiger partial charge in [-0.25, -0.2) is 0 Å². The molecule has 2 N–H and O–H groups in total. The van der Waals surface area contributed by atoms with E-state index in [1.54, 1.807) is 18.2 Å². The van der Waals surface area contributed by atoms with Crippen LogP contribution in [0.25, 0.3) is 0 Å². The lowest BCUT2D eigenvalue weighted by atomic mass is 10.3. The summed E-state index contributed by atoms with van der Waals surface area (Å²) in [5.41, 5.74) is 0. The summed E-state index contributed by atoms with van der Waals surface area (Å²) in [5, 5.41) is 12.1. The molecule has 1 saturated carbocycles. The average molecular weight is 237 g/mol. The van der Waals surface area contributed by atoms with Crippen molar-refractivity contribution in [1.82, 2.24) is 5.32 Å². The largest absolute Gasteiger partial charge is 0.508 e. The van der Waals surface area contributed by atoms with Crippen LogP contribution in [0.4, 0.5) is 0 Å². The summed E-state index contributed by atoms with van der Waals surface area (Å²) in [5.74, 6) is 0.315. The van der Waals surface area contributed by atoms with Gasteiger partial charge in [-0.1, -0.05) is 6.07 Å². The maximum atomic E-state index is 11.7. The summed E-state index contributed by atoms with van der Waals surface area (Å²) < 4.78 is 0. The topological polar surface area (TPSA) is 49.3 Å². The maximum absolute atomic E-state index is 11.7. The van der Waals surface area contributed by atoms with Crippen LogP contribution in [-0.2, 0) is 4.79 Å². The predicted octanol–water partition coefficient (Wildman–Crippen LogP) is 2.15. The molecular formula is C12H15NO2S. The number of rotatable bonds is 4. The lowest BCUT2D eigenvalue weighted by Crippen LogP contribution is -2.32. The Morgan fingerprint density at radius 2 is 2.31 bits per heavy atom. The smallest absolute Gasteiger partial charge is 0.233 e. The number of carbonyl (C=O) groups excluding carboxylic acids is 1. The van der Waals surface area contributed by atoms with Gasteiger partial charge in [0, 0.05) is 10.9 Å². The van der Waals surface area contributed by atoms with Crippen LogP contribution in [0.15, 0.2) is 29.2 Å². The summed E-state index contributed by atoms with van der Waals surface area (Å²) in [6.45, 7) is 1.88. The van der Waals surface area contributed by atoms with E-state index in [0.29, 0.717) is 6.04 Å². The molecule has 1 aromatic carbocycles. The lowest BCUT2D eigenvalue weighted by Gasteiger charge is -2.11. The first-order valence-electron chi connectivity index (χ1n) is 5.41. The number of benzene rings is 1. The summed E-state index contributed by atoms with van der Waals surface area (Å²) in [7, 11) is 0. The second kappa shape index (κ2) is 4.78. The third kappa shape index (κ3) is 3.17. The highest BCUT2D eigenvalue weighted by Crippen LogP contribution is 2.27. The monoisotopic (exact) mass is 237 g/mol. The Morgan fingerprint density at radius 1 is 1.56 bits per heavy atom. The molecule has 0 aliphatic heterocycles. The molecule has 2 rings (SSSR count). The summed E-state index contributed by atoms with van der Waals surface area (Å²) in [6.07, 6.45) is 2.21. The van der Waals surface area contributed by atoms with Crippen molar-refractivity contribution in [1.29, 1.82) is 0 Å². The summed E-state index contributed by atoms with van der Waals surface area (Å²) in [4.78, 5) is 12.6. The van der Waals surface area contributed by atoms with Crippen LogP contribution in [0.3, 0.4) is 0 Å². The van der Waals surface area contributed by atoms with E-state index in [1.807, 2.05) is 13.0 Å². The van der Waals surface area contributed by atoms with Crippen LogP contribution in [0.5, 0.6) is 5.75 Å².